The monoisotopic (exact) mass is 699 g/mol. The first-order valence-corrected chi connectivity index (χ1v) is 18.9. The van der Waals surface area contributed by atoms with Gasteiger partial charge in [-0.15, -0.1) is 0 Å². The Balaban J connectivity index is 1.34. The van der Waals surface area contributed by atoms with Gasteiger partial charge in [-0.05, 0) is 86.3 Å². The van der Waals surface area contributed by atoms with Crippen LogP contribution in [-0.2, 0) is 16.2 Å². The third-order valence-corrected chi connectivity index (χ3v) is 12.1. The summed E-state index contributed by atoms with van der Waals surface area (Å²) in [5.74, 6) is 0. The number of fused-ring (bicyclic) bond motifs is 8. The average Bonchev–Trinajstić information content (AvgIpc) is 3.43. The third-order valence-electron chi connectivity index (χ3n) is 12.1. The van der Waals surface area contributed by atoms with Gasteiger partial charge in [0.25, 0.3) is 0 Å². The minimum atomic E-state index is -0.626. The van der Waals surface area contributed by atoms with Crippen LogP contribution in [0.5, 0.6) is 0 Å². The molecule has 0 amide bonds. The molecule has 0 spiro atoms. The minimum Gasteiger partial charge on any atom is -0.456 e. The van der Waals surface area contributed by atoms with Gasteiger partial charge < -0.3 is 9.32 Å². The van der Waals surface area contributed by atoms with Gasteiger partial charge in [0.05, 0.1) is 27.6 Å². The van der Waals surface area contributed by atoms with Crippen LogP contribution in [0.15, 0.2) is 167 Å². The Morgan fingerprint density at radius 1 is 0.556 bits per heavy atom. The zero-order chi connectivity index (χ0) is 37.0. The van der Waals surface area contributed by atoms with Gasteiger partial charge in [0, 0.05) is 16.7 Å². The Bertz CT molecular complexity index is 2820. The van der Waals surface area contributed by atoms with Crippen LogP contribution in [0.3, 0.4) is 0 Å². The molecule has 0 saturated heterocycles. The first-order valence-electron chi connectivity index (χ1n) is 18.9. The minimum absolute atomic E-state index is 0.0215. The van der Waals surface area contributed by atoms with Crippen molar-refractivity contribution in [3.05, 3.63) is 207 Å². The van der Waals surface area contributed by atoms with E-state index in [0.29, 0.717) is 21.9 Å². The molecule has 1 aromatic heterocycles. The molecule has 54 heavy (non-hydrogen) atoms. The van der Waals surface area contributed by atoms with Crippen LogP contribution in [0, 0.1) is 0 Å². The Kier molecular flexibility index (Phi) is 6.86. The summed E-state index contributed by atoms with van der Waals surface area (Å²) in [7, 11) is 0. The number of benzene rings is 7. The van der Waals surface area contributed by atoms with Crippen molar-refractivity contribution in [3.8, 4) is 11.1 Å². The maximum Gasteiger partial charge on any atom is 0.200 e. The van der Waals surface area contributed by atoms with E-state index in [2.05, 4.69) is 173 Å². The van der Waals surface area contributed by atoms with E-state index in [1.807, 2.05) is 24.3 Å². The highest BCUT2D eigenvalue weighted by molar-refractivity contribution is 6.02. The topological polar surface area (TPSA) is 33.5 Å². The first-order chi connectivity index (χ1) is 26.1. The van der Waals surface area contributed by atoms with Gasteiger partial charge in [-0.2, -0.15) is 0 Å². The van der Waals surface area contributed by atoms with E-state index in [9.17, 15) is 4.79 Å². The van der Waals surface area contributed by atoms with Crippen LogP contribution in [-0.4, -0.2) is 0 Å². The SMILES string of the molecule is CC(C)(C)c1ccc2c(=O)c3cc(N4c5ccccc5C(c5ccccc5)(c5ccccc5)c5ccc6c(c54)-c4ccccc4C6(C)C)ccc3oc2c1. The van der Waals surface area contributed by atoms with Crippen molar-refractivity contribution in [2.24, 2.45) is 0 Å². The molecule has 1 aliphatic heterocycles. The fourth-order valence-corrected chi connectivity index (χ4v) is 9.44. The molecule has 1 aliphatic carbocycles. The Hall–Kier alpha value is -6.19. The highest BCUT2D eigenvalue weighted by Gasteiger charge is 2.49. The van der Waals surface area contributed by atoms with Crippen molar-refractivity contribution in [2.75, 3.05) is 4.90 Å². The fraction of sp³-hybridized carbons (Fsp3) is 0.157. The molecule has 262 valence electrons. The molecule has 10 rings (SSSR count). The smallest absolute Gasteiger partial charge is 0.200 e. The molecular weight excluding hydrogens is 659 g/mol. The van der Waals surface area contributed by atoms with Crippen molar-refractivity contribution in [1.82, 2.24) is 0 Å². The number of para-hydroxylation sites is 1. The van der Waals surface area contributed by atoms with Crippen molar-refractivity contribution in [1.29, 1.82) is 0 Å². The maximum atomic E-state index is 14.4. The van der Waals surface area contributed by atoms with Crippen LogP contribution in [0.2, 0.25) is 0 Å². The molecule has 7 aromatic carbocycles. The third kappa shape index (κ3) is 4.39. The Labute approximate surface area is 316 Å². The first kappa shape index (κ1) is 32.5. The van der Waals surface area contributed by atoms with Gasteiger partial charge >= 0.3 is 0 Å². The van der Waals surface area contributed by atoms with Crippen molar-refractivity contribution in [3.63, 3.8) is 0 Å². The number of anilines is 3. The van der Waals surface area contributed by atoms with Gasteiger partial charge in [-0.3, -0.25) is 4.79 Å². The maximum absolute atomic E-state index is 14.4. The van der Waals surface area contributed by atoms with E-state index in [0.717, 1.165) is 22.6 Å². The van der Waals surface area contributed by atoms with Gasteiger partial charge in [0.15, 0.2) is 0 Å². The van der Waals surface area contributed by atoms with E-state index >= 15 is 0 Å². The summed E-state index contributed by atoms with van der Waals surface area (Å²) < 4.78 is 6.52. The van der Waals surface area contributed by atoms with Crippen LogP contribution >= 0.6 is 0 Å². The van der Waals surface area contributed by atoms with Gasteiger partial charge in [-0.1, -0.05) is 156 Å². The molecule has 0 radical (unpaired) electrons. The highest BCUT2D eigenvalue weighted by atomic mass is 16.3. The average molecular weight is 700 g/mol. The van der Waals surface area contributed by atoms with Crippen LogP contribution < -0.4 is 10.3 Å². The summed E-state index contributed by atoms with van der Waals surface area (Å²) in [5, 5.41) is 1.16. The Morgan fingerprint density at radius 2 is 1.19 bits per heavy atom. The quantitative estimate of drug-likeness (QED) is 0.172. The second-order valence-corrected chi connectivity index (χ2v) is 16.5. The van der Waals surface area contributed by atoms with Crippen LogP contribution in [0.25, 0.3) is 33.1 Å². The molecule has 0 N–H and O–H groups in total. The number of rotatable bonds is 3. The number of hydrogen-bond donors (Lipinski definition) is 0. The van der Waals surface area contributed by atoms with Crippen molar-refractivity contribution in [2.45, 2.75) is 50.9 Å². The summed E-state index contributed by atoms with van der Waals surface area (Å²) in [6, 6.07) is 56.5. The second-order valence-electron chi connectivity index (χ2n) is 16.5. The van der Waals surface area contributed by atoms with Crippen molar-refractivity contribution >= 4 is 39.0 Å². The Morgan fingerprint density at radius 3 is 1.89 bits per heavy atom. The highest BCUT2D eigenvalue weighted by Crippen LogP contribution is 2.63. The van der Waals surface area contributed by atoms with Crippen LogP contribution in [0.4, 0.5) is 17.1 Å². The van der Waals surface area contributed by atoms with Crippen LogP contribution in [0.1, 0.15) is 73.6 Å². The van der Waals surface area contributed by atoms with E-state index < -0.39 is 5.41 Å². The predicted molar refractivity (Wildman–Crippen MR) is 223 cm³/mol. The van der Waals surface area contributed by atoms with Gasteiger partial charge in [0.1, 0.15) is 11.2 Å². The summed E-state index contributed by atoms with van der Waals surface area (Å²) in [4.78, 5) is 16.8. The molecular formula is C51H41NO2. The van der Waals surface area contributed by atoms with E-state index in [4.69, 9.17) is 4.42 Å². The lowest BCUT2D eigenvalue weighted by molar-refractivity contribution is 0.587. The van der Waals surface area contributed by atoms with Crippen molar-refractivity contribution < 1.29 is 4.42 Å². The lowest BCUT2D eigenvalue weighted by atomic mass is 9.61. The molecule has 0 fully saturated rings. The normalized spacial score (nSPS) is 15.1. The molecule has 0 atom stereocenters. The molecule has 2 aliphatic rings. The summed E-state index contributed by atoms with van der Waals surface area (Å²) in [5.41, 5.74) is 14.4. The molecule has 3 heteroatoms. The van der Waals surface area contributed by atoms with E-state index in [-0.39, 0.29) is 16.3 Å². The fourth-order valence-electron chi connectivity index (χ4n) is 9.44. The van der Waals surface area contributed by atoms with Gasteiger partial charge in [0.2, 0.25) is 5.43 Å². The van der Waals surface area contributed by atoms with E-state index in [1.54, 1.807) is 0 Å². The van der Waals surface area contributed by atoms with Gasteiger partial charge in [-0.25, -0.2) is 0 Å². The largest absolute Gasteiger partial charge is 0.456 e. The van der Waals surface area contributed by atoms with E-state index in [1.165, 1.54) is 44.5 Å². The predicted octanol–water partition coefficient (Wildman–Crippen LogP) is 12.7. The zero-order valence-corrected chi connectivity index (χ0v) is 31.3. The molecule has 0 bridgehead atoms. The molecule has 0 saturated carbocycles. The second kappa shape index (κ2) is 11.4. The standard InChI is InChI=1S/C51H41NO2/c1-49(2,3)34-24-26-37-45(30-34)54-44-29-25-35(31-38(44)48(37)53)52-43-23-15-14-22-40(43)51(32-16-8-6-9-17-32,33-18-10-7-11-19-33)42-28-27-41-46(47(42)52)36-20-12-13-21-39(36)50(41,4)5/h6-31H,1-5H3. The number of hydrogen-bond acceptors (Lipinski definition) is 3. The molecule has 2 heterocycles. The lowest BCUT2D eigenvalue weighted by Gasteiger charge is -2.47. The number of nitrogens with zero attached hydrogens (tertiary/aromatic N) is 1. The summed E-state index contributed by atoms with van der Waals surface area (Å²) >= 11 is 0. The molecule has 0 unspecified atom stereocenters. The summed E-state index contributed by atoms with van der Waals surface area (Å²) in [6.07, 6.45) is 0. The summed E-state index contributed by atoms with van der Waals surface area (Å²) in [6.45, 7) is 11.2. The zero-order valence-electron chi connectivity index (χ0n) is 31.3. The lowest BCUT2D eigenvalue weighted by Crippen LogP contribution is -2.38. The molecule has 8 aromatic rings. The molecule has 3 nitrogen and oxygen atoms in total.